The van der Waals surface area contributed by atoms with E-state index < -0.39 is 0 Å². The summed E-state index contributed by atoms with van der Waals surface area (Å²) >= 11 is 0. The van der Waals surface area contributed by atoms with Crippen LogP contribution in [-0.2, 0) is 22.4 Å². The Kier molecular flexibility index (Phi) is 5.31. The zero-order valence-electron chi connectivity index (χ0n) is 11.3. The standard InChI is InChI=1S/C13H20N4O2/c1-2-18-10-7-17-13(11-4-8-19-9-5-11)12(3-6-14)15-16-17/h11H,2-5,7-10H2,1H3. The molecular weight excluding hydrogens is 244 g/mol. The van der Waals surface area contributed by atoms with Crippen molar-refractivity contribution in [2.45, 2.75) is 38.6 Å². The van der Waals surface area contributed by atoms with E-state index in [2.05, 4.69) is 16.4 Å². The molecular formula is C13H20N4O2. The largest absolute Gasteiger partial charge is 0.381 e. The first-order chi connectivity index (χ1) is 9.36. The quantitative estimate of drug-likeness (QED) is 0.723. The van der Waals surface area contributed by atoms with Crippen molar-refractivity contribution in [3.8, 4) is 6.07 Å². The molecule has 2 heterocycles. The van der Waals surface area contributed by atoms with Crippen LogP contribution in [0.4, 0.5) is 0 Å². The molecule has 0 N–H and O–H groups in total. The van der Waals surface area contributed by atoms with E-state index in [9.17, 15) is 0 Å². The van der Waals surface area contributed by atoms with Gasteiger partial charge in [0.2, 0.25) is 0 Å². The minimum Gasteiger partial charge on any atom is -0.381 e. The van der Waals surface area contributed by atoms with Gasteiger partial charge in [0.05, 0.1) is 31.3 Å². The second kappa shape index (κ2) is 7.22. The molecule has 1 aliphatic rings. The van der Waals surface area contributed by atoms with Crippen LogP contribution in [0, 0.1) is 11.3 Å². The lowest BCUT2D eigenvalue weighted by Crippen LogP contribution is -2.20. The molecule has 0 saturated carbocycles. The Labute approximate surface area is 113 Å². The summed E-state index contributed by atoms with van der Waals surface area (Å²) in [6, 6.07) is 2.17. The molecule has 1 aromatic heterocycles. The number of aromatic nitrogens is 3. The van der Waals surface area contributed by atoms with Crippen molar-refractivity contribution >= 4 is 0 Å². The fourth-order valence-corrected chi connectivity index (χ4v) is 2.44. The van der Waals surface area contributed by atoms with E-state index in [0.29, 0.717) is 32.1 Å². The van der Waals surface area contributed by atoms with Crippen molar-refractivity contribution in [2.75, 3.05) is 26.4 Å². The number of hydrogen-bond acceptors (Lipinski definition) is 5. The number of rotatable bonds is 6. The molecule has 0 bridgehead atoms. The van der Waals surface area contributed by atoms with Crippen LogP contribution in [0.1, 0.15) is 37.1 Å². The third kappa shape index (κ3) is 3.52. The molecule has 0 radical (unpaired) electrons. The van der Waals surface area contributed by atoms with Gasteiger partial charge >= 0.3 is 0 Å². The predicted octanol–water partition coefficient (Wildman–Crippen LogP) is 1.27. The normalized spacial score (nSPS) is 16.4. The summed E-state index contributed by atoms with van der Waals surface area (Å²) in [5, 5.41) is 17.2. The Morgan fingerprint density at radius 2 is 2.26 bits per heavy atom. The van der Waals surface area contributed by atoms with Gasteiger partial charge in [-0.3, -0.25) is 0 Å². The average molecular weight is 264 g/mol. The molecule has 19 heavy (non-hydrogen) atoms. The van der Waals surface area contributed by atoms with Gasteiger partial charge in [-0.05, 0) is 19.8 Å². The van der Waals surface area contributed by atoms with Gasteiger partial charge in [-0.15, -0.1) is 5.10 Å². The number of ether oxygens (including phenoxy) is 2. The van der Waals surface area contributed by atoms with E-state index in [1.54, 1.807) is 0 Å². The van der Waals surface area contributed by atoms with E-state index in [-0.39, 0.29) is 0 Å². The molecule has 104 valence electrons. The van der Waals surface area contributed by atoms with Crippen molar-refractivity contribution in [2.24, 2.45) is 0 Å². The van der Waals surface area contributed by atoms with Crippen LogP contribution in [0.15, 0.2) is 0 Å². The molecule has 2 rings (SSSR count). The van der Waals surface area contributed by atoms with Crippen LogP contribution in [-0.4, -0.2) is 41.4 Å². The Morgan fingerprint density at radius 3 is 2.95 bits per heavy atom. The van der Waals surface area contributed by atoms with Gasteiger partial charge in [0.25, 0.3) is 0 Å². The maximum atomic E-state index is 8.89. The monoisotopic (exact) mass is 264 g/mol. The molecule has 1 fully saturated rings. The highest BCUT2D eigenvalue weighted by Crippen LogP contribution is 2.28. The lowest BCUT2D eigenvalue weighted by atomic mass is 9.94. The fraction of sp³-hybridized carbons (Fsp3) is 0.769. The third-order valence-electron chi connectivity index (χ3n) is 3.35. The van der Waals surface area contributed by atoms with Gasteiger partial charge < -0.3 is 9.47 Å². The molecule has 6 heteroatoms. The van der Waals surface area contributed by atoms with Gasteiger partial charge in [-0.2, -0.15) is 5.26 Å². The highest BCUT2D eigenvalue weighted by atomic mass is 16.5. The highest BCUT2D eigenvalue weighted by molar-refractivity contribution is 5.19. The van der Waals surface area contributed by atoms with Gasteiger partial charge in [-0.25, -0.2) is 4.68 Å². The smallest absolute Gasteiger partial charge is 0.100 e. The van der Waals surface area contributed by atoms with E-state index in [4.69, 9.17) is 14.7 Å². The van der Waals surface area contributed by atoms with E-state index >= 15 is 0 Å². The maximum Gasteiger partial charge on any atom is 0.100 e. The molecule has 0 spiro atoms. The first-order valence-corrected chi connectivity index (χ1v) is 6.81. The SMILES string of the molecule is CCOCCn1nnc(CC#N)c1C1CCOCC1. The molecule has 1 aromatic rings. The number of nitrogens with zero attached hydrogens (tertiary/aromatic N) is 4. The predicted molar refractivity (Wildman–Crippen MR) is 68.6 cm³/mol. The van der Waals surface area contributed by atoms with Crippen LogP contribution in [0.5, 0.6) is 0 Å². The first kappa shape index (κ1) is 14.0. The van der Waals surface area contributed by atoms with Gasteiger partial charge in [0.15, 0.2) is 0 Å². The Morgan fingerprint density at radius 1 is 1.47 bits per heavy atom. The Hall–Kier alpha value is -1.45. The van der Waals surface area contributed by atoms with Crippen LogP contribution >= 0.6 is 0 Å². The second-order valence-electron chi connectivity index (χ2n) is 4.56. The van der Waals surface area contributed by atoms with Gasteiger partial charge in [-0.1, -0.05) is 5.21 Å². The zero-order chi connectivity index (χ0) is 13.5. The third-order valence-corrected chi connectivity index (χ3v) is 3.35. The van der Waals surface area contributed by atoms with E-state index in [1.807, 2.05) is 11.6 Å². The maximum absolute atomic E-state index is 8.89. The van der Waals surface area contributed by atoms with Gasteiger partial charge in [0.1, 0.15) is 5.69 Å². The molecule has 0 aromatic carbocycles. The minimum absolute atomic E-state index is 0.321. The molecule has 0 amide bonds. The van der Waals surface area contributed by atoms with Crippen molar-refractivity contribution in [1.29, 1.82) is 5.26 Å². The average Bonchev–Trinajstić information content (AvgIpc) is 2.84. The van der Waals surface area contributed by atoms with Crippen molar-refractivity contribution in [3.63, 3.8) is 0 Å². The molecule has 0 unspecified atom stereocenters. The summed E-state index contributed by atoms with van der Waals surface area (Å²) in [7, 11) is 0. The summed E-state index contributed by atoms with van der Waals surface area (Å²) in [5.74, 6) is 0.397. The van der Waals surface area contributed by atoms with Crippen LogP contribution in [0.3, 0.4) is 0 Å². The van der Waals surface area contributed by atoms with Crippen LogP contribution < -0.4 is 0 Å². The lowest BCUT2D eigenvalue weighted by Gasteiger charge is -2.23. The first-order valence-electron chi connectivity index (χ1n) is 6.81. The molecule has 1 saturated heterocycles. The number of nitriles is 1. The zero-order valence-corrected chi connectivity index (χ0v) is 11.3. The van der Waals surface area contributed by atoms with Crippen molar-refractivity contribution in [1.82, 2.24) is 15.0 Å². The molecule has 0 atom stereocenters. The Bertz CT molecular complexity index is 432. The summed E-state index contributed by atoms with van der Waals surface area (Å²) in [4.78, 5) is 0. The summed E-state index contributed by atoms with van der Waals surface area (Å²) in [6.07, 6.45) is 2.27. The van der Waals surface area contributed by atoms with E-state index in [0.717, 1.165) is 37.4 Å². The Balaban J connectivity index is 2.15. The highest BCUT2D eigenvalue weighted by Gasteiger charge is 2.24. The summed E-state index contributed by atoms with van der Waals surface area (Å²) < 4.78 is 12.7. The summed E-state index contributed by atoms with van der Waals surface area (Å²) in [6.45, 7) is 5.54. The topological polar surface area (TPSA) is 73.0 Å². The minimum atomic E-state index is 0.321. The second-order valence-corrected chi connectivity index (χ2v) is 4.56. The molecule has 0 aliphatic carbocycles. The summed E-state index contributed by atoms with van der Waals surface area (Å²) in [5.41, 5.74) is 1.91. The van der Waals surface area contributed by atoms with E-state index in [1.165, 1.54) is 0 Å². The van der Waals surface area contributed by atoms with Crippen molar-refractivity contribution in [3.05, 3.63) is 11.4 Å². The molecule has 6 nitrogen and oxygen atoms in total. The molecule has 1 aliphatic heterocycles. The van der Waals surface area contributed by atoms with Gasteiger partial charge in [0, 0.05) is 25.7 Å². The van der Waals surface area contributed by atoms with Crippen LogP contribution in [0.2, 0.25) is 0 Å². The van der Waals surface area contributed by atoms with Crippen molar-refractivity contribution < 1.29 is 9.47 Å². The van der Waals surface area contributed by atoms with Crippen LogP contribution in [0.25, 0.3) is 0 Å². The number of hydrogen-bond donors (Lipinski definition) is 0. The fourth-order valence-electron chi connectivity index (χ4n) is 2.44. The lowest BCUT2D eigenvalue weighted by molar-refractivity contribution is 0.0823.